The van der Waals surface area contributed by atoms with Crippen molar-refractivity contribution >= 4 is 17.0 Å². The Labute approximate surface area is 180 Å². The Hall–Kier alpha value is -3.22. The Kier molecular flexibility index (Phi) is 6.02. The number of benzene rings is 2. The molecule has 1 aliphatic carbocycles. The van der Waals surface area contributed by atoms with E-state index in [0.717, 1.165) is 35.2 Å². The molecule has 3 aromatic rings. The number of rotatable bonds is 7. The molecule has 7 heteroatoms. The zero-order valence-corrected chi connectivity index (χ0v) is 17.9. The Balaban J connectivity index is 1.51. The highest BCUT2D eigenvalue weighted by Gasteiger charge is 2.27. The number of aryl methyl sites for hydroxylation is 1. The van der Waals surface area contributed by atoms with Crippen LogP contribution in [-0.4, -0.2) is 27.3 Å². The first kappa shape index (κ1) is 21.0. The summed E-state index contributed by atoms with van der Waals surface area (Å²) >= 11 is 0. The van der Waals surface area contributed by atoms with Gasteiger partial charge in [0.25, 0.3) is 0 Å². The summed E-state index contributed by atoms with van der Waals surface area (Å²) in [6, 6.07) is 13.4. The fourth-order valence-electron chi connectivity index (χ4n) is 4.40. The summed E-state index contributed by atoms with van der Waals surface area (Å²) in [6.45, 7) is 1.02. The average Bonchev–Trinajstić information content (AvgIpc) is 3.02. The van der Waals surface area contributed by atoms with Gasteiger partial charge in [0, 0.05) is 19.7 Å². The molecule has 0 atom stereocenters. The number of ether oxygens (including phenoxy) is 2. The lowest BCUT2D eigenvalue weighted by molar-refractivity contribution is -0.143. The van der Waals surface area contributed by atoms with E-state index in [1.807, 2.05) is 42.5 Å². The lowest BCUT2D eigenvalue weighted by atomic mass is 9.82. The molecule has 4 rings (SSSR count). The van der Waals surface area contributed by atoms with Crippen molar-refractivity contribution in [2.24, 2.45) is 18.9 Å². The van der Waals surface area contributed by atoms with Crippen molar-refractivity contribution in [3.8, 4) is 11.5 Å². The second-order valence-corrected chi connectivity index (χ2v) is 8.30. The van der Waals surface area contributed by atoms with E-state index in [-0.39, 0.29) is 11.6 Å². The summed E-state index contributed by atoms with van der Waals surface area (Å²) in [4.78, 5) is 24.1. The second-order valence-electron chi connectivity index (χ2n) is 8.30. The zero-order chi connectivity index (χ0) is 22.0. The Morgan fingerprint density at radius 3 is 2.35 bits per heavy atom. The van der Waals surface area contributed by atoms with Crippen LogP contribution in [0.1, 0.15) is 31.2 Å². The fourth-order valence-corrected chi connectivity index (χ4v) is 4.40. The highest BCUT2D eigenvalue weighted by molar-refractivity contribution is 5.77. The van der Waals surface area contributed by atoms with Crippen LogP contribution in [0.4, 0.5) is 0 Å². The number of imidazole rings is 1. The van der Waals surface area contributed by atoms with Crippen LogP contribution < -0.4 is 15.2 Å². The maximum Gasteiger partial charge on any atom is 0.328 e. The largest absolute Gasteiger partial charge is 0.497 e. The zero-order valence-electron chi connectivity index (χ0n) is 17.9. The third kappa shape index (κ3) is 4.45. The van der Waals surface area contributed by atoms with Gasteiger partial charge in [0.2, 0.25) is 0 Å². The molecule has 0 unspecified atom stereocenters. The minimum absolute atomic E-state index is 0.0531. The van der Waals surface area contributed by atoms with Gasteiger partial charge in [0.05, 0.1) is 24.1 Å². The highest BCUT2D eigenvalue weighted by atomic mass is 16.5. The first-order valence-electron chi connectivity index (χ1n) is 10.6. The van der Waals surface area contributed by atoms with E-state index < -0.39 is 5.97 Å². The van der Waals surface area contributed by atoms with Crippen molar-refractivity contribution in [2.75, 3.05) is 7.11 Å². The molecule has 0 bridgehead atoms. The van der Waals surface area contributed by atoms with E-state index in [0.29, 0.717) is 37.7 Å². The van der Waals surface area contributed by atoms with Crippen LogP contribution in [0.3, 0.4) is 0 Å². The number of hydrogen-bond donors (Lipinski definition) is 1. The molecule has 1 saturated carbocycles. The molecule has 1 aromatic heterocycles. The second kappa shape index (κ2) is 8.88. The maximum atomic E-state index is 12.9. The normalized spacial score (nSPS) is 18.8. The van der Waals surface area contributed by atoms with Crippen LogP contribution >= 0.6 is 0 Å². The molecule has 0 spiro atoms. The SMILES string of the molecule is COc1ccc(COc2ccc3c(c2)n(CC2CCC(C(=O)O)CC2)c(=O)n3C)cc1. The quantitative estimate of drug-likeness (QED) is 0.624. The van der Waals surface area contributed by atoms with Gasteiger partial charge in [0.1, 0.15) is 18.1 Å². The van der Waals surface area contributed by atoms with Gasteiger partial charge in [-0.25, -0.2) is 4.79 Å². The van der Waals surface area contributed by atoms with Crippen LogP contribution in [0.25, 0.3) is 11.0 Å². The molecule has 7 nitrogen and oxygen atoms in total. The Morgan fingerprint density at radius 1 is 1.03 bits per heavy atom. The van der Waals surface area contributed by atoms with Crippen LogP contribution in [-0.2, 0) is 25.0 Å². The number of nitrogens with zero attached hydrogens (tertiary/aromatic N) is 2. The number of methoxy groups -OCH3 is 1. The van der Waals surface area contributed by atoms with Crippen LogP contribution in [0.2, 0.25) is 0 Å². The number of hydrogen-bond acceptors (Lipinski definition) is 4. The van der Waals surface area contributed by atoms with E-state index in [2.05, 4.69) is 0 Å². The molecule has 0 saturated heterocycles. The van der Waals surface area contributed by atoms with Gasteiger partial charge < -0.3 is 14.6 Å². The summed E-state index contributed by atoms with van der Waals surface area (Å²) in [5.41, 5.74) is 2.69. The number of fused-ring (bicyclic) bond motifs is 1. The molecule has 1 fully saturated rings. The monoisotopic (exact) mass is 424 g/mol. The molecule has 31 heavy (non-hydrogen) atoms. The van der Waals surface area contributed by atoms with E-state index in [4.69, 9.17) is 9.47 Å². The summed E-state index contributed by atoms with van der Waals surface area (Å²) < 4.78 is 14.6. The third-order valence-electron chi connectivity index (χ3n) is 6.32. The summed E-state index contributed by atoms with van der Waals surface area (Å²) in [5, 5.41) is 9.21. The van der Waals surface area contributed by atoms with Gasteiger partial charge >= 0.3 is 11.7 Å². The summed E-state index contributed by atoms with van der Waals surface area (Å²) in [6.07, 6.45) is 3.01. The molecular weight excluding hydrogens is 396 g/mol. The fraction of sp³-hybridized carbons (Fsp3) is 0.417. The molecular formula is C24H28N2O5. The summed E-state index contributed by atoms with van der Waals surface area (Å²) in [7, 11) is 3.41. The molecule has 2 aromatic carbocycles. The lowest BCUT2D eigenvalue weighted by Gasteiger charge is -2.26. The maximum absolute atomic E-state index is 12.9. The van der Waals surface area contributed by atoms with Gasteiger partial charge in [-0.2, -0.15) is 0 Å². The van der Waals surface area contributed by atoms with Crippen LogP contribution in [0, 0.1) is 11.8 Å². The number of aliphatic carboxylic acids is 1. The molecule has 164 valence electrons. The predicted octanol–water partition coefficient (Wildman–Crippen LogP) is 3.82. The molecule has 0 aliphatic heterocycles. The Bertz CT molecular complexity index is 1120. The molecule has 0 amide bonds. The molecule has 1 aliphatic rings. The van der Waals surface area contributed by atoms with Crippen molar-refractivity contribution in [1.29, 1.82) is 0 Å². The highest BCUT2D eigenvalue weighted by Crippen LogP contribution is 2.31. The predicted molar refractivity (Wildman–Crippen MR) is 118 cm³/mol. The lowest BCUT2D eigenvalue weighted by Crippen LogP contribution is -2.28. The average molecular weight is 424 g/mol. The van der Waals surface area contributed by atoms with Gasteiger partial charge in [-0.3, -0.25) is 13.9 Å². The third-order valence-corrected chi connectivity index (χ3v) is 6.32. The van der Waals surface area contributed by atoms with Crippen molar-refractivity contribution < 1.29 is 19.4 Å². The van der Waals surface area contributed by atoms with E-state index >= 15 is 0 Å². The van der Waals surface area contributed by atoms with Crippen molar-refractivity contribution in [3.05, 3.63) is 58.5 Å². The standard InChI is InChI=1S/C24H28N2O5/c1-25-21-12-11-20(31-15-17-5-9-19(30-2)10-6-17)13-22(21)26(24(25)29)14-16-3-7-18(8-4-16)23(27)28/h5-6,9-13,16,18H,3-4,7-8,14-15H2,1-2H3,(H,27,28). The molecule has 1 N–H and O–H groups in total. The number of carboxylic acids is 1. The number of aromatic nitrogens is 2. The van der Waals surface area contributed by atoms with E-state index in [1.54, 1.807) is 23.3 Å². The number of carboxylic acid groups (broad SMARTS) is 1. The minimum atomic E-state index is -0.709. The van der Waals surface area contributed by atoms with E-state index in [9.17, 15) is 14.7 Å². The van der Waals surface area contributed by atoms with Gasteiger partial charge in [-0.15, -0.1) is 0 Å². The van der Waals surface area contributed by atoms with Gasteiger partial charge in [-0.05, 0) is 61.4 Å². The van der Waals surface area contributed by atoms with Crippen LogP contribution in [0.5, 0.6) is 11.5 Å². The molecule has 1 heterocycles. The van der Waals surface area contributed by atoms with Crippen molar-refractivity contribution in [1.82, 2.24) is 9.13 Å². The minimum Gasteiger partial charge on any atom is -0.497 e. The smallest absolute Gasteiger partial charge is 0.328 e. The first-order chi connectivity index (χ1) is 15.0. The van der Waals surface area contributed by atoms with Crippen molar-refractivity contribution in [2.45, 2.75) is 38.8 Å². The van der Waals surface area contributed by atoms with Gasteiger partial charge in [0.15, 0.2) is 0 Å². The topological polar surface area (TPSA) is 82.7 Å². The van der Waals surface area contributed by atoms with Crippen LogP contribution in [0.15, 0.2) is 47.3 Å². The van der Waals surface area contributed by atoms with E-state index in [1.165, 1.54) is 0 Å². The Morgan fingerprint density at radius 2 is 1.71 bits per heavy atom. The first-order valence-corrected chi connectivity index (χ1v) is 10.6. The molecule has 0 radical (unpaired) electrons. The van der Waals surface area contributed by atoms with Gasteiger partial charge in [-0.1, -0.05) is 12.1 Å². The summed E-state index contributed by atoms with van der Waals surface area (Å²) in [5.74, 6) is 0.855. The van der Waals surface area contributed by atoms with Crippen molar-refractivity contribution in [3.63, 3.8) is 0 Å². The number of carbonyl (C=O) groups is 1.